The van der Waals surface area contributed by atoms with Crippen molar-refractivity contribution in [3.05, 3.63) is 64.4 Å². The Hall–Kier alpha value is -2.81. The van der Waals surface area contributed by atoms with E-state index in [2.05, 4.69) is 15.5 Å². The molecule has 1 aliphatic heterocycles. The van der Waals surface area contributed by atoms with E-state index in [1.54, 1.807) is 12.1 Å². The van der Waals surface area contributed by atoms with E-state index in [0.29, 0.717) is 47.5 Å². The summed E-state index contributed by atoms with van der Waals surface area (Å²) in [6.45, 7) is 3.06. The first-order valence-electron chi connectivity index (χ1n) is 13.4. The van der Waals surface area contributed by atoms with Gasteiger partial charge in [0.15, 0.2) is 0 Å². The van der Waals surface area contributed by atoms with Gasteiger partial charge in [0.05, 0.1) is 13.2 Å². The van der Waals surface area contributed by atoms with Gasteiger partial charge in [-0.15, -0.1) is 0 Å². The molecular weight excluding hydrogens is 523 g/mol. The summed E-state index contributed by atoms with van der Waals surface area (Å²) in [7, 11) is 0. The third-order valence-corrected chi connectivity index (χ3v) is 7.85. The largest absolute Gasteiger partial charge is 0.378 e. The summed E-state index contributed by atoms with van der Waals surface area (Å²) < 4.78 is 7.48. The van der Waals surface area contributed by atoms with Gasteiger partial charge in [0.25, 0.3) is 0 Å². The van der Waals surface area contributed by atoms with Gasteiger partial charge >= 0.3 is 0 Å². The minimum Gasteiger partial charge on any atom is -0.378 e. The van der Waals surface area contributed by atoms with Gasteiger partial charge in [0.1, 0.15) is 17.7 Å². The van der Waals surface area contributed by atoms with Gasteiger partial charge in [0.2, 0.25) is 11.9 Å². The first-order chi connectivity index (χ1) is 18.5. The van der Waals surface area contributed by atoms with Crippen molar-refractivity contribution in [2.24, 2.45) is 5.92 Å². The number of rotatable bonds is 9. The summed E-state index contributed by atoms with van der Waals surface area (Å²) in [6.07, 6.45) is 10.6. The Balaban J connectivity index is 1.38. The van der Waals surface area contributed by atoms with Crippen molar-refractivity contribution >= 4 is 40.9 Å². The molecule has 0 spiro atoms. The van der Waals surface area contributed by atoms with E-state index in [0.717, 1.165) is 43.7 Å². The number of benzene rings is 1. The molecule has 2 fully saturated rings. The third-order valence-electron chi connectivity index (χ3n) is 7.26. The second kappa shape index (κ2) is 12.8. The van der Waals surface area contributed by atoms with Crippen LogP contribution in [0.3, 0.4) is 0 Å². The molecule has 0 bridgehead atoms. The van der Waals surface area contributed by atoms with Crippen LogP contribution in [0.5, 0.6) is 0 Å². The zero-order valence-electron chi connectivity index (χ0n) is 21.4. The topological polar surface area (TPSA) is 84.3 Å². The van der Waals surface area contributed by atoms with Crippen LogP contribution in [0.1, 0.15) is 44.1 Å². The van der Waals surface area contributed by atoms with Crippen LogP contribution in [0.4, 0.5) is 11.8 Å². The molecule has 5 rings (SSSR count). The van der Waals surface area contributed by atoms with Crippen LogP contribution in [-0.4, -0.2) is 52.8 Å². The Kier molecular flexibility index (Phi) is 9.04. The average Bonchev–Trinajstić information content (AvgIpc) is 3.48. The molecule has 38 heavy (non-hydrogen) atoms. The fourth-order valence-electron chi connectivity index (χ4n) is 5.16. The Morgan fingerprint density at radius 2 is 1.82 bits per heavy atom. The van der Waals surface area contributed by atoms with Crippen LogP contribution in [-0.2, 0) is 16.1 Å². The second-order valence-corrected chi connectivity index (χ2v) is 10.8. The Bertz CT molecular complexity index is 1210. The predicted octanol–water partition coefficient (Wildman–Crippen LogP) is 5.48. The Morgan fingerprint density at radius 3 is 2.55 bits per heavy atom. The summed E-state index contributed by atoms with van der Waals surface area (Å²) >= 11 is 12.4. The number of carbonyl (C=O) groups excluding carboxylic acids is 1. The normalized spacial score (nSPS) is 17.3. The standard InChI is InChI=1S/C28H34Cl2N6O2/c29-22-9-8-21(23(30)17-22)19-31-27(37)24(16-20-6-2-1-3-7-20)32-25-18-26(35-10-4-5-11-35)34-28(33-25)36-12-14-38-15-13-36/h4-5,8-11,17-18,20,24H,1-3,6-7,12-16,19H2,(H,31,37)(H,32,33,34)/t24-/m1/s1. The van der Waals surface area contributed by atoms with E-state index >= 15 is 0 Å². The molecule has 1 aliphatic carbocycles. The number of hydrogen-bond donors (Lipinski definition) is 2. The molecular formula is C28H34Cl2N6O2. The lowest BCUT2D eigenvalue weighted by molar-refractivity contribution is -0.122. The summed E-state index contributed by atoms with van der Waals surface area (Å²) in [6, 6.07) is 10.7. The maximum absolute atomic E-state index is 13.6. The molecule has 2 aliphatic rings. The van der Waals surface area contributed by atoms with Crippen LogP contribution in [0.25, 0.3) is 5.82 Å². The van der Waals surface area contributed by atoms with E-state index in [1.165, 1.54) is 19.3 Å². The van der Waals surface area contributed by atoms with Crippen molar-refractivity contribution in [1.29, 1.82) is 0 Å². The molecule has 3 aromatic rings. The maximum Gasteiger partial charge on any atom is 0.242 e. The summed E-state index contributed by atoms with van der Waals surface area (Å²) in [4.78, 5) is 25.3. The molecule has 2 N–H and O–H groups in total. The molecule has 202 valence electrons. The van der Waals surface area contributed by atoms with Gasteiger partial charge in [0, 0.05) is 48.1 Å². The van der Waals surface area contributed by atoms with E-state index < -0.39 is 6.04 Å². The molecule has 10 heteroatoms. The van der Waals surface area contributed by atoms with Crippen LogP contribution >= 0.6 is 23.2 Å². The van der Waals surface area contributed by atoms with Gasteiger partial charge in [-0.2, -0.15) is 9.97 Å². The molecule has 0 radical (unpaired) electrons. The summed E-state index contributed by atoms with van der Waals surface area (Å²) in [5.41, 5.74) is 0.826. The maximum atomic E-state index is 13.6. The Morgan fingerprint density at radius 1 is 1.05 bits per heavy atom. The van der Waals surface area contributed by atoms with Gasteiger partial charge in [-0.05, 0) is 42.2 Å². The molecule has 1 amide bonds. The van der Waals surface area contributed by atoms with Gasteiger partial charge in [-0.3, -0.25) is 4.79 Å². The second-order valence-electron chi connectivity index (χ2n) is 9.99. The third kappa shape index (κ3) is 6.98. The lowest BCUT2D eigenvalue weighted by Gasteiger charge is -2.29. The number of amides is 1. The fraction of sp³-hybridized carbons (Fsp3) is 0.464. The van der Waals surface area contributed by atoms with E-state index in [4.69, 9.17) is 37.9 Å². The molecule has 1 atom stereocenters. The van der Waals surface area contributed by atoms with Crippen molar-refractivity contribution in [1.82, 2.24) is 19.9 Å². The van der Waals surface area contributed by atoms with E-state index in [-0.39, 0.29) is 5.91 Å². The smallest absolute Gasteiger partial charge is 0.242 e. The minimum absolute atomic E-state index is 0.0735. The summed E-state index contributed by atoms with van der Waals surface area (Å²) in [5, 5.41) is 7.67. The number of aromatic nitrogens is 3. The number of halogens is 2. The zero-order chi connectivity index (χ0) is 26.3. The molecule has 1 saturated heterocycles. The number of ether oxygens (including phenoxy) is 1. The Labute approximate surface area is 233 Å². The molecule has 1 saturated carbocycles. The highest BCUT2D eigenvalue weighted by Gasteiger charge is 2.26. The van der Waals surface area contributed by atoms with Gasteiger partial charge in [-0.1, -0.05) is 61.4 Å². The number of nitrogens with one attached hydrogen (secondary N) is 2. The van der Waals surface area contributed by atoms with Crippen LogP contribution < -0.4 is 15.5 Å². The molecule has 8 nitrogen and oxygen atoms in total. The highest BCUT2D eigenvalue weighted by Crippen LogP contribution is 2.29. The van der Waals surface area contributed by atoms with Crippen molar-refractivity contribution in [3.63, 3.8) is 0 Å². The van der Waals surface area contributed by atoms with Crippen molar-refractivity contribution in [2.75, 3.05) is 36.5 Å². The first-order valence-corrected chi connectivity index (χ1v) is 14.1. The monoisotopic (exact) mass is 556 g/mol. The van der Waals surface area contributed by atoms with E-state index in [9.17, 15) is 4.79 Å². The molecule has 2 aromatic heterocycles. The summed E-state index contributed by atoms with van der Waals surface area (Å²) in [5.74, 6) is 2.43. The number of anilines is 2. The first kappa shape index (κ1) is 26.8. The van der Waals surface area contributed by atoms with Crippen LogP contribution in [0.2, 0.25) is 10.0 Å². The van der Waals surface area contributed by atoms with Crippen molar-refractivity contribution in [3.8, 4) is 5.82 Å². The lowest BCUT2D eigenvalue weighted by Crippen LogP contribution is -2.41. The van der Waals surface area contributed by atoms with Crippen molar-refractivity contribution < 1.29 is 9.53 Å². The lowest BCUT2D eigenvalue weighted by atomic mass is 9.84. The number of carbonyl (C=O) groups is 1. The quantitative estimate of drug-likeness (QED) is 0.363. The highest BCUT2D eigenvalue weighted by molar-refractivity contribution is 6.35. The average molecular weight is 558 g/mol. The van der Waals surface area contributed by atoms with Crippen LogP contribution in [0.15, 0.2) is 48.8 Å². The predicted molar refractivity (Wildman–Crippen MR) is 151 cm³/mol. The molecule has 1 aromatic carbocycles. The van der Waals surface area contributed by atoms with Gasteiger partial charge < -0.3 is 24.8 Å². The number of morpholine rings is 1. The number of nitrogens with zero attached hydrogens (tertiary/aromatic N) is 4. The van der Waals surface area contributed by atoms with Crippen LogP contribution in [0, 0.1) is 5.92 Å². The minimum atomic E-state index is -0.436. The molecule has 3 heterocycles. The van der Waals surface area contributed by atoms with Gasteiger partial charge in [-0.25, -0.2) is 0 Å². The highest BCUT2D eigenvalue weighted by atomic mass is 35.5. The zero-order valence-corrected chi connectivity index (χ0v) is 22.9. The fourth-order valence-corrected chi connectivity index (χ4v) is 5.63. The molecule has 0 unspecified atom stereocenters. The van der Waals surface area contributed by atoms with Crippen molar-refractivity contribution in [2.45, 2.75) is 51.1 Å². The van der Waals surface area contributed by atoms with E-state index in [1.807, 2.05) is 41.2 Å². The number of hydrogen-bond acceptors (Lipinski definition) is 6. The SMILES string of the molecule is O=C(NCc1ccc(Cl)cc1Cl)[C@@H](CC1CCCCC1)Nc1cc(-n2cccc2)nc(N2CCOCC2)n1.